The summed E-state index contributed by atoms with van der Waals surface area (Å²) in [5.74, 6) is 0. The molecule has 0 spiro atoms. The van der Waals surface area contributed by atoms with E-state index in [1.54, 1.807) is 4.90 Å². The second-order valence-electron chi connectivity index (χ2n) is 3.28. The van der Waals surface area contributed by atoms with Gasteiger partial charge in [-0.25, -0.2) is 0 Å². The molecule has 0 bridgehead atoms. The van der Waals surface area contributed by atoms with Crippen LogP contribution in [0, 0.1) is 0 Å². The molecule has 79 valence electrons. The Labute approximate surface area is 103 Å². The molecule has 2 aromatic carbocycles. The molecule has 2 nitrogen and oxygen atoms in total. The Morgan fingerprint density at radius 3 is 2.19 bits per heavy atom. The van der Waals surface area contributed by atoms with E-state index in [0.717, 1.165) is 22.2 Å². The van der Waals surface area contributed by atoms with Crippen molar-refractivity contribution in [2.75, 3.05) is 4.90 Å². The number of nitrogens with zero attached hydrogens (tertiary/aromatic N) is 1. The summed E-state index contributed by atoms with van der Waals surface area (Å²) in [7, 11) is 0. The number of hydrogen-bond donors (Lipinski definition) is 0. The molecule has 2 aromatic rings. The summed E-state index contributed by atoms with van der Waals surface area (Å²) in [6.07, 6.45) is 0.825. The number of hydrogen-bond acceptors (Lipinski definition) is 1. The van der Waals surface area contributed by atoms with Crippen molar-refractivity contribution in [1.29, 1.82) is 0 Å². The van der Waals surface area contributed by atoms with Crippen molar-refractivity contribution in [3.05, 3.63) is 54.6 Å². The van der Waals surface area contributed by atoms with Crippen LogP contribution in [0.2, 0.25) is 0 Å². The van der Waals surface area contributed by atoms with Crippen LogP contribution in [0.1, 0.15) is 0 Å². The van der Waals surface area contributed by atoms with Gasteiger partial charge in [0.05, 0.1) is 0 Å². The molecule has 3 heteroatoms. The number of carbonyl (C=O) groups excluding carboxylic acids is 1. The predicted octanol–water partition coefficient (Wildman–Crippen LogP) is 1.77. The Morgan fingerprint density at radius 1 is 0.938 bits per heavy atom. The van der Waals surface area contributed by atoms with E-state index in [-0.39, 0.29) is 0 Å². The summed E-state index contributed by atoms with van der Waals surface area (Å²) < 4.78 is 0.957. The van der Waals surface area contributed by atoms with Crippen LogP contribution < -0.4 is 9.36 Å². The Bertz CT molecular complexity index is 484. The third-order valence-electron chi connectivity index (χ3n) is 2.26. The zero-order valence-electron chi connectivity index (χ0n) is 8.54. The summed E-state index contributed by atoms with van der Waals surface area (Å²) in [5, 5.41) is 0. The second-order valence-corrected chi connectivity index (χ2v) is 4.20. The molecule has 16 heavy (non-hydrogen) atoms. The number of carbonyl (C=O) groups is 1. The minimum absolute atomic E-state index is 0.825. The summed E-state index contributed by atoms with van der Waals surface area (Å²) in [4.78, 5) is 12.8. The normalized spacial score (nSPS) is 9.75. The average Bonchev–Trinajstić information content (AvgIpc) is 2.34. The van der Waals surface area contributed by atoms with Gasteiger partial charge in [-0.15, -0.1) is 0 Å². The van der Waals surface area contributed by atoms with Crippen LogP contribution >= 0.6 is 0 Å². The van der Waals surface area contributed by atoms with Gasteiger partial charge in [-0.05, 0) is 0 Å². The third-order valence-corrected chi connectivity index (χ3v) is 2.99. The van der Waals surface area contributed by atoms with Crippen LogP contribution in [-0.2, 0) is 4.79 Å². The van der Waals surface area contributed by atoms with Crippen molar-refractivity contribution in [3.8, 4) is 0 Å². The van der Waals surface area contributed by atoms with E-state index in [1.165, 1.54) is 0 Å². The molecule has 0 heterocycles. The van der Waals surface area contributed by atoms with Crippen molar-refractivity contribution < 1.29 is 4.79 Å². The molecule has 0 aliphatic heterocycles. The van der Waals surface area contributed by atoms with Gasteiger partial charge >= 0.3 is 103 Å². The molecule has 2 rings (SSSR count). The molecule has 1 radical (unpaired) electrons. The molecule has 0 N–H and O–H groups in total. The quantitative estimate of drug-likeness (QED) is 0.617. The number of benzene rings is 2. The van der Waals surface area contributed by atoms with Gasteiger partial charge in [-0.2, -0.15) is 0 Å². The van der Waals surface area contributed by atoms with Crippen molar-refractivity contribution in [2.45, 2.75) is 0 Å². The van der Waals surface area contributed by atoms with E-state index in [4.69, 9.17) is 0 Å². The van der Waals surface area contributed by atoms with Gasteiger partial charge in [0.15, 0.2) is 0 Å². The topological polar surface area (TPSA) is 20.3 Å². The second kappa shape index (κ2) is 4.97. The fraction of sp³-hybridized carbons (Fsp3) is 0. The zero-order valence-corrected chi connectivity index (χ0v) is 10.3. The minimum atomic E-state index is 0.825. The summed E-state index contributed by atoms with van der Waals surface area (Å²) >= 11 is 2.95. The SMILES string of the molecule is O=CN(c1ccccc1)c1ccccc1[Se]. The molecule has 0 fully saturated rings. The van der Waals surface area contributed by atoms with Gasteiger partial charge in [0.2, 0.25) is 0 Å². The van der Waals surface area contributed by atoms with Crippen LogP contribution in [-0.4, -0.2) is 22.4 Å². The van der Waals surface area contributed by atoms with E-state index < -0.39 is 0 Å². The molecule has 0 saturated carbocycles. The molecular formula is C13H10NOSe. The maximum atomic E-state index is 11.2. The van der Waals surface area contributed by atoms with E-state index in [9.17, 15) is 4.79 Å². The number of para-hydroxylation sites is 2. The van der Waals surface area contributed by atoms with Gasteiger partial charge in [0.25, 0.3) is 0 Å². The fourth-order valence-corrected chi connectivity index (χ4v) is 2.02. The van der Waals surface area contributed by atoms with Gasteiger partial charge in [-0.3, -0.25) is 0 Å². The first-order valence-corrected chi connectivity index (χ1v) is 5.74. The van der Waals surface area contributed by atoms with Crippen molar-refractivity contribution in [1.82, 2.24) is 0 Å². The first-order chi connectivity index (χ1) is 7.83. The Morgan fingerprint density at radius 2 is 1.56 bits per heavy atom. The summed E-state index contributed by atoms with van der Waals surface area (Å²) in [5.41, 5.74) is 1.73. The molecule has 0 aromatic heterocycles. The molecule has 0 unspecified atom stereocenters. The number of rotatable bonds is 3. The Kier molecular flexibility index (Phi) is 3.40. The predicted molar refractivity (Wildman–Crippen MR) is 66.5 cm³/mol. The first-order valence-electron chi connectivity index (χ1n) is 4.88. The third kappa shape index (κ3) is 2.16. The van der Waals surface area contributed by atoms with Crippen LogP contribution in [0.25, 0.3) is 0 Å². The Hall–Kier alpha value is -1.57. The summed E-state index contributed by atoms with van der Waals surface area (Å²) in [6.45, 7) is 0. The molecule has 1 amide bonds. The number of anilines is 2. The van der Waals surface area contributed by atoms with E-state index in [0.29, 0.717) is 0 Å². The Balaban J connectivity index is 2.45. The monoisotopic (exact) mass is 276 g/mol. The first kappa shape index (κ1) is 10.9. The van der Waals surface area contributed by atoms with Gasteiger partial charge < -0.3 is 0 Å². The van der Waals surface area contributed by atoms with E-state index in [2.05, 4.69) is 16.0 Å². The molecule has 0 aliphatic rings. The molecular weight excluding hydrogens is 265 g/mol. The number of amides is 1. The van der Waals surface area contributed by atoms with Crippen molar-refractivity contribution in [2.24, 2.45) is 0 Å². The van der Waals surface area contributed by atoms with Crippen LogP contribution in [0.15, 0.2) is 54.6 Å². The fourth-order valence-electron chi connectivity index (χ4n) is 1.50. The van der Waals surface area contributed by atoms with E-state index in [1.807, 2.05) is 54.6 Å². The van der Waals surface area contributed by atoms with Gasteiger partial charge in [0.1, 0.15) is 0 Å². The maximum absolute atomic E-state index is 11.2. The summed E-state index contributed by atoms with van der Waals surface area (Å²) in [6, 6.07) is 17.3. The zero-order chi connectivity index (χ0) is 11.4. The molecule has 0 atom stereocenters. The van der Waals surface area contributed by atoms with Crippen molar-refractivity contribution >= 4 is 38.3 Å². The van der Waals surface area contributed by atoms with Crippen LogP contribution in [0.5, 0.6) is 0 Å². The van der Waals surface area contributed by atoms with E-state index >= 15 is 0 Å². The molecule has 0 saturated heterocycles. The van der Waals surface area contributed by atoms with Crippen LogP contribution in [0.4, 0.5) is 11.4 Å². The standard InChI is InChI=1S/C13H10NOSe/c15-10-14(11-6-2-1-3-7-11)12-8-4-5-9-13(12)16/h1-10H. The van der Waals surface area contributed by atoms with Gasteiger partial charge in [-0.1, -0.05) is 0 Å². The van der Waals surface area contributed by atoms with Crippen molar-refractivity contribution in [3.63, 3.8) is 0 Å². The van der Waals surface area contributed by atoms with Crippen LogP contribution in [0.3, 0.4) is 0 Å². The van der Waals surface area contributed by atoms with Gasteiger partial charge in [0, 0.05) is 0 Å². The average molecular weight is 275 g/mol. The molecule has 0 aliphatic carbocycles.